The van der Waals surface area contributed by atoms with E-state index in [1.165, 1.54) is 11.1 Å². The molecule has 2 heterocycles. The minimum Gasteiger partial charge on any atom is -0.493 e. The summed E-state index contributed by atoms with van der Waals surface area (Å²) in [6.45, 7) is 3.61. The van der Waals surface area contributed by atoms with Crippen molar-refractivity contribution in [1.82, 2.24) is 0 Å². The second-order valence-corrected chi connectivity index (χ2v) is 5.83. The van der Waals surface area contributed by atoms with Crippen LogP contribution < -0.4 is 15.2 Å². The van der Waals surface area contributed by atoms with Crippen molar-refractivity contribution in [1.29, 1.82) is 0 Å². The lowest BCUT2D eigenvalue weighted by Crippen LogP contribution is -2.21. The Morgan fingerprint density at radius 1 is 1.06 bits per heavy atom. The van der Waals surface area contributed by atoms with Gasteiger partial charge in [0.25, 0.3) is 0 Å². The number of rotatable bonds is 1. The van der Waals surface area contributed by atoms with Crippen molar-refractivity contribution in [3.63, 3.8) is 0 Å². The summed E-state index contributed by atoms with van der Waals surface area (Å²) in [6, 6.07) is -0.0135. The number of fused-ring (bicyclic) bond motifs is 2. The van der Waals surface area contributed by atoms with Crippen LogP contribution in [0.2, 0.25) is 0 Å². The van der Waals surface area contributed by atoms with Crippen molar-refractivity contribution in [2.24, 2.45) is 5.73 Å². The van der Waals surface area contributed by atoms with Gasteiger partial charge in [0.05, 0.1) is 17.7 Å². The second-order valence-electron chi connectivity index (χ2n) is 5.04. The summed E-state index contributed by atoms with van der Waals surface area (Å²) in [5, 5.41) is 0. The molecule has 1 aromatic carbocycles. The molecule has 0 aliphatic carbocycles. The van der Waals surface area contributed by atoms with E-state index in [0.29, 0.717) is 0 Å². The predicted octanol–water partition coefficient (Wildman–Crippen LogP) is 3.12. The van der Waals surface area contributed by atoms with E-state index in [4.69, 9.17) is 15.2 Å². The van der Waals surface area contributed by atoms with Crippen molar-refractivity contribution in [2.45, 2.75) is 38.6 Å². The lowest BCUT2D eigenvalue weighted by molar-refractivity contribution is 0.266. The molecule has 2 aliphatic rings. The van der Waals surface area contributed by atoms with Crippen LogP contribution in [0.1, 0.15) is 42.5 Å². The van der Waals surface area contributed by atoms with Crippen molar-refractivity contribution in [3.8, 4) is 11.5 Å². The first kappa shape index (κ1) is 12.3. The first-order valence-corrected chi connectivity index (χ1v) is 7.37. The highest BCUT2D eigenvalue weighted by atomic mass is 79.9. The highest BCUT2D eigenvalue weighted by Gasteiger charge is 2.29. The number of benzene rings is 1. The number of hydrogen-bond acceptors (Lipinski definition) is 3. The summed E-state index contributed by atoms with van der Waals surface area (Å²) < 4.78 is 12.8. The molecule has 0 aromatic heterocycles. The zero-order chi connectivity index (χ0) is 12.7. The van der Waals surface area contributed by atoms with Crippen molar-refractivity contribution < 1.29 is 9.47 Å². The largest absolute Gasteiger partial charge is 0.493 e. The molecule has 1 unspecified atom stereocenters. The van der Waals surface area contributed by atoms with E-state index in [2.05, 4.69) is 15.9 Å². The molecule has 0 saturated carbocycles. The van der Waals surface area contributed by atoms with Crippen LogP contribution in [0.25, 0.3) is 0 Å². The van der Waals surface area contributed by atoms with Gasteiger partial charge in [-0.25, -0.2) is 0 Å². The number of halogens is 1. The molecule has 0 bridgehead atoms. The maximum Gasteiger partial charge on any atom is 0.137 e. The Morgan fingerprint density at radius 3 is 2.33 bits per heavy atom. The van der Waals surface area contributed by atoms with E-state index in [1.807, 2.05) is 6.92 Å². The van der Waals surface area contributed by atoms with E-state index < -0.39 is 0 Å². The van der Waals surface area contributed by atoms with Crippen molar-refractivity contribution >= 4 is 15.9 Å². The highest BCUT2D eigenvalue weighted by Crippen LogP contribution is 2.47. The zero-order valence-electron chi connectivity index (χ0n) is 10.6. The molecular weight excluding hydrogens is 294 g/mol. The molecule has 3 nitrogen and oxygen atoms in total. The second kappa shape index (κ2) is 4.74. The van der Waals surface area contributed by atoms with Gasteiger partial charge >= 0.3 is 0 Å². The van der Waals surface area contributed by atoms with E-state index >= 15 is 0 Å². The van der Waals surface area contributed by atoms with Crippen LogP contribution in [-0.2, 0) is 12.8 Å². The van der Waals surface area contributed by atoms with E-state index in [0.717, 1.165) is 60.4 Å². The van der Waals surface area contributed by atoms with Gasteiger partial charge in [0, 0.05) is 22.7 Å². The predicted molar refractivity (Wildman–Crippen MR) is 74.4 cm³/mol. The van der Waals surface area contributed by atoms with Crippen LogP contribution in [-0.4, -0.2) is 13.2 Å². The standard InChI is InChI=1S/C14H18BrNO2/c1-8(16)11-9-4-2-7-18-14(9)12(15)10-5-3-6-17-13(10)11/h8H,2-7,16H2,1H3. The molecule has 4 heteroatoms. The SMILES string of the molecule is CC(N)c1c2c(c(Br)c3c1OCCC3)OCCC2. The average molecular weight is 312 g/mol. The Morgan fingerprint density at radius 2 is 1.67 bits per heavy atom. The third kappa shape index (κ3) is 1.82. The molecule has 1 aromatic rings. The average Bonchev–Trinajstić information content (AvgIpc) is 2.39. The first-order valence-electron chi connectivity index (χ1n) is 6.58. The fourth-order valence-electron chi connectivity index (χ4n) is 2.91. The summed E-state index contributed by atoms with van der Waals surface area (Å²) in [6.07, 6.45) is 4.18. The van der Waals surface area contributed by atoms with Gasteiger partial charge in [0.1, 0.15) is 11.5 Å². The molecule has 0 radical (unpaired) electrons. The molecule has 0 amide bonds. The summed E-state index contributed by atoms with van der Waals surface area (Å²) in [7, 11) is 0. The molecule has 2 N–H and O–H groups in total. The zero-order valence-corrected chi connectivity index (χ0v) is 12.2. The van der Waals surface area contributed by atoms with Crippen LogP contribution in [0.15, 0.2) is 4.47 Å². The number of hydrogen-bond donors (Lipinski definition) is 1. The molecular formula is C14H18BrNO2. The van der Waals surface area contributed by atoms with E-state index in [1.54, 1.807) is 0 Å². The van der Waals surface area contributed by atoms with Gasteiger partial charge in [-0.05, 0) is 48.5 Å². The highest BCUT2D eigenvalue weighted by molar-refractivity contribution is 9.10. The third-order valence-electron chi connectivity index (χ3n) is 3.67. The minimum atomic E-state index is -0.0135. The maximum atomic E-state index is 6.16. The van der Waals surface area contributed by atoms with Crippen LogP contribution in [0, 0.1) is 0 Å². The minimum absolute atomic E-state index is 0.0135. The van der Waals surface area contributed by atoms with Gasteiger partial charge in [-0.1, -0.05) is 0 Å². The van der Waals surface area contributed by atoms with Crippen molar-refractivity contribution in [3.05, 3.63) is 21.2 Å². The smallest absolute Gasteiger partial charge is 0.137 e. The summed E-state index contributed by atoms with van der Waals surface area (Å²) >= 11 is 3.69. The van der Waals surface area contributed by atoms with Crippen LogP contribution in [0.3, 0.4) is 0 Å². The van der Waals surface area contributed by atoms with Gasteiger partial charge in [0.2, 0.25) is 0 Å². The lowest BCUT2D eigenvalue weighted by Gasteiger charge is -2.30. The normalized spacial score (nSPS) is 19.3. The Bertz CT molecular complexity index is 448. The third-order valence-corrected chi connectivity index (χ3v) is 4.51. The Labute approximate surface area is 116 Å². The first-order chi connectivity index (χ1) is 8.70. The Kier molecular flexibility index (Phi) is 3.24. The summed E-state index contributed by atoms with van der Waals surface area (Å²) in [5.74, 6) is 2.00. The lowest BCUT2D eigenvalue weighted by atomic mass is 9.90. The maximum absolute atomic E-state index is 6.16. The molecule has 3 rings (SSSR count). The van der Waals surface area contributed by atoms with Gasteiger partial charge < -0.3 is 15.2 Å². The summed E-state index contributed by atoms with van der Waals surface area (Å²) in [5.41, 5.74) is 9.79. The van der Waals surface area contributed by atoms with Gasteiger partial charge in [-0.3, -0.25) is 0 Å². The van der Waals surface area contributed by atoms with Crippen molar-refractivity contribution in [2.75, 3.05) is 13.2 Å². The molecule has 0 saturated heterocycles. The van der Waals surface area contributed by atoms with E-state index in [-0.39, 0.29) is 6.04 Å². The molecule has 18 heavy (non-hydrogen) atoms. The van der Waals surface area contributed by atoms with Crippen LogP contribution in [0.4, 0.5) is 0 Å². The monoisotopic (exact) mass is 311 g/mol. The van der Waals surface area contributed by atoms with Gasteiger partial charge in [0.15, 0.2) is 0 Å². The molecule has 0 fully saturated rings. The Balaban J connectivity index is 2.27. The number of nitrogens with two attached hydrogens (primary N) is 1. The topological polar surface area (TPSA) is 44.5 Å². The molecule has 98 valence electrons. The van der Waals surface area contributed by atoms with Gasteiger partial charge in [-0.2, -0.15) is 0 Å². The fraction of sp³-hybridized carbons (Fsp3) is 0.571. The quantitative estimate of drug-likeness (QED) is 0.866. The fourth-order valence-corrected chi connectivity index (χ4v) is 3.64. The summed E-state index contributed by atoms with van der Waals surface area (Å²) in [4.78, 5) is 0. The molecule has 0 spiro atoms. The van der Waals surface area contributed by atoms with Gasteiger partial charge in [-0.15, -0.1) is 0 Å². The van der Waals surface area contributed by atoms with Crippen LogP contribution in [0.5, 0.6) is 11.5 Å². The molecule has 2 aliphatic heterocycles. The Hall–Kier alpha value is -0.740. The van der Waals surface area contributed by atoms with E-state index in [9.17, 15) is 0 Å². The van der Waals surface area contributed by atoms with Crippen LogP contribution >= 0.6 is 15.9 Å². The number of ether oxygens (including phenoxy) is 2. The molecule has 1 atom stereocenters.